The third kappa shape index (κ3) is 3.69. The summed E-state index contributed by atoms with van der Waals surface area (Å²) in [7, 11) is 1.65. The van der Waals surface area contributed by atoms with Crippen molar-refractivity contribution in [1.82, 2.24) is 9.78 Å². The summed E-state index contributed by atoms with van der Waals surface area (Å²) < 4.78 is 7.61. The van der Waals surface area contributed by atoms with Crippen molar-refractivity contribution >= 4 is 34.5 Å². The highest BCUT2D eigenvalue weighted by atomic mass is 35.5. The van der Waals surface area contributed by atoms with Gasteiger partial charge in [0.05, 0.1) is 40.5 Å². The van der Waals surface area contributed by atoms with Gasteiger partial charge in [-0.25, -0.2) is 0 Å². The van der Waals surface area contributed by atoms with Crippen molar-refractivity contribution < 1.29 is 9.53 Å². The average Bonchev–Trinajstić information content (AvgIpc) is 3.03. The number of methoxy groups -OCH3 is 1. The van der Waals surface area contributed by atoms with Gasteiger partial charge in [0.1, 0.15) is 0 Å². The fourth-order valence-corrected chi connectivity index (χ4v) is 3.31. The van der Waals surface area contributed by atoms with Crippen LogP contribution >= 0.6 is 22.9 Å². The maximum atomic E-state index is 12.4. The average molecular weight is 342 g/mol. The van der Waals surface area contributed by atoms with Crippen LogP contribution in [0.2, 0.25) is 4.34 Å². The molecular weight excluding hydrogens is 322 g/mol. The molecule has 1 atom stereocenters. The standard InChI is InChI=1S/C15H20ClN3O2S/c1-9(12-5-6-13(16)22-12)15(20)17-14-10(2)18-19(11(14)3)7-8-21-4/h5-6,9H,7-8H2,1-4H3,(H,17,20)/t9-/m1/s1. The number of ether oxygens (including phenoxy) is 1. The van der Waals surface area contributed by atoms with Crippen LogP contribution in [0.25, 0.3) is 0 Å². The molecule has 22 heavy (non-hydrogen) atoms. The van der Waals surface area contributed by atoms with Crippen LogP contribution in [0.5, 0.6) is 0 Å². The minimum absolute atomic E-state index is 0.0593. The van der Waals surface area contributed by atoms with E-state index in [1.165, 1.54) is 11.3 Å². The minimum atomic E-state index is -0.251. The van der Waals surface area contributed by atoms with Crippen molar-refractivity contribution in [3.05, 3.63) is 32.7 Å². The van der Waals surface area contributed by atoms with Gasteiger partial charge in [0.2, 0.25) is 5.91 Å². The molecule has 120 valence electrons. The number of nitrogens with zero attached hydrogens (tertiary/aromatic N) is 2. The van der Waals surface area contributed by atoms with E-state index in [-0.39, 0.29) is 11.8 Å². The molecule has 0 fully saturated rings. The van der Waals surface area contributed by atoms with E-state index in [9.17, 15) is 4.79 Å². The Morgan fingerprint density at radius 3 is 2.82 bits per heavy atom. The number of amides is 1. The monoisotopic (exact) mass is 341 g/mol. The van der Waals surface area contributed by atoms with Gasteiger partial charge < -0.3 is 10.1 Å². The first-order valence-electron chi connectivity index (χ1n) is 7.03. The van der Waals surface area contributed by atoms with Gasteiger partial charge in [-0.05, 0) is 32.9 Å². The Morgan fingerprint density at radius 2 is 2.23 bits per heavy atom. The van der Waals surface area contributed by atoms with Gasteiger partial charge in [-0.3, -0.25) is 9.48 Å². The zero-order valence-corrected chi connectivity index (χ0v) is 14.7. The van der Waals surface area contributed by atoms with Crippen molar-refractivity contribution in [2.75, 3.05) is 19.0 Å². The predicted molar refractivity (Wildman–Crippen MR) is 90.0 cm³/mol. The van der Waals surface area contributed by atoms with Crippen molar-refractivity contribution in [3.8, 4) is 0 Å². The third-order valence-corrected chi connectivity index (χ3v) is 4.96. The highest BCUT2D eigenvalue weighted by Gasteiger charge is 2.20. The maximum Gasteiger partial charge on any atom is 0.232 e. The zero-order valence-electron chi connectivity index (χ0n) is 13.1. The third-order valence-electron chi connectivity index (χ3n) is 3.55. The van der Waals surface area contributed by atoms with Gasteiger partial charge in [0.15, 0.2) is 0 Å². The smallest absolute Gasteiger partial charge is 0.232 e. The molecule has 0 saturated carbocycles. The molecule has 0 spiro atoms. The number of carbonyl (C=O) groups is 1. The normalized spacial score (nSPS) is 12.4. The molecule has 1 amide bonds. The van der Waals surface area contributed by atoms with E-state index in [0.29, 0.717) is 17.5 Å². The quantitative estimate of drug-likeness (QED) is 0.873. The topological polar surface area (TPSA) is 56.1 Å². The molecule has 2 heterocycles. The van der Waals surface area contributed by atoms with E-state index in [1.807, 2.05) is 37.6 Å². The van der Waals surface area contributed by atoms with Crippen LogP contribution in [0.4, 0.5) is 5.69 Å². The number of halogens is 1. The lowest BCUT2D eigenvalue weighted by molar-refractivity contribution is -0.117. The second-order valence-corrected chi connectivity index (χ2v) is 6.86. The van der Waals surface area contributed by atoms with E-state index >= 15 is 0 Å². The molecule has 1 N–H and O–H groups in total. The second-order valence-electron chi connectivity index (χ2n) is 5.11. The molecule has 0 saturated heterocycles. The van der Waals surface area contributed by atoms with Crippen LogP contribution in [0.15, 0.2) is 12.1 Å². The lowest BCUT2D eigenvalue weighted by Gasteiger charge is -2.11. The molecule has 2 aromatic rings. The fourth-order valence-electron chi connectivity index (χ4n) is 2.19. The molecular formula is C15H20ClN3O2S. The largest absolute Gasteiger partial charge is 0.383 e. The van der Waals surface area contributed by atoms with Crippen molar-refractivity contribution in [2.45, 2.75) is 33.2 Å². The highest BCUT2D eigenvalue weighted by Crippen LogP contribution is 2.29. The van der Waals surface area contributed by atoms with E-state index < -0.39 is 0 Å². The summed E-state index contributed by atoms with van der Waals surface area (Å²) in [5.74, 6) is -0.311. The summed E-state index contributed by atoms with van der Waals surface area (Å²) in [6.45, 7) is 6.95. The summed E-state index contributed by atoms with van der Waals surface area (Å²) in [6, 6.07) is 3.70. The van der Waals surface area contributed by atoms with E-state index in [2.05, 4.69) is 10.4 Å². The Bertz CT molecular complexity index is 666. The van der Waals surface area contributed by atoms with Crippen LogP contribution < -0.4 is 5.32 Å². The lowest BCUT2D eigenvalue weighted by Crippen LogP contribution is -2.19. The van der Waals surface area contributed by atoms with Crippen LogP contribution in [0.3, 0.4) is 0 Å². The fraction of sp³-hybridized carbons (Fsp3) is 0.467. The number of thiophene rings is 1. The van der Waals surface area contributed by atoms with Gasteiger partial charge in [-0.1, -0.05) is 11.6 Å². The van der Waals surface area contributed by atoms with E-state index in [4.69, 9.17) is 16.3 Å². The van der Waals surface area contributed by atoms with E-state index in [1.54, 1.807) is 7.11 Å². The molecule has 0 unspecified atom stereocenters. The summed E-state index contributed by atoms with van der Waals surface area (Å²) in [4.78, 5) is 13.4. The summed E-state index contributed by atoms with van der Waals surface area (Å²) in [5, 5.41) is 7.42. The molecule has 0 radical (unpaired) electrons. The Hall–Kier alpha value is -1.37. The molecule has 7 heteroatoms. The second kappa shape index (κ2) is 7.26. The number of hydrogen-bond acceptors (Lipinski definition) is 4. The van der Waals surface area contributed by atoms with Crippen LogP contribution in [0, 0.1) is 13.8 Å². The van der Waals surface area contributed by atoms with Gasteiger partial charge in [0.25, 0.3) is 0 Å². The molecule has 0 bridgehead atoms. The predicted octanol–water partition coefficient (Wildman–Crippen LogP) is 3.60. The van der Waals surface area contributed by atoms with Crippen molar-refractivity contribution in [1.29, 1.82) is 0 Å². The number of anilines is 1. The first-order chi connectivity index (χ1) is 10.4. The zero-order chi connectivity index (χ0) is 16.3. The molecule has 2 rings (SSSR count). The Kier molecular flexibility index (Phi) is 5.61. The summed E-state index contributed by atoms with van der Waals surface area (Å²) >= 11 is 7.36. The van der Waals surface area contributed by atoms with Gasteiger partial charge in [0, 0.05) is 12.0 Å². The number of hydrogen-bond donors (Lipinski definition) is 1. The minimum Gasteiger partial charge on any atom is -0.383 e. The van der Waals surface area contributed by atoms with Crippen LogP contribution in [-0.2, 0) is 16.1 Å². The molecule has 2 aromatic heterocycles. The van der Waals surface area contributed by atoms with Gasteiger partial charge in [-0.15, -0.1) is 11.3 Å². The molecule has 0 aliphatic carbocycles. The Balaban J connectivity index is 2.13. The molecule has 5 nitrogen and oxygen atoms in total. The SMILES string of the molecule is COCCn1nc(C)c(NC(=O)[C@H](C)c2ccc(Cl)s2)c1C. The van der Waals surface area contributed by atoms with Crippen molar-refractivity contribution in [3.63, 3.8) is 0 Å². The number of rotatable bonds is 6. The summed E-state index contributed by atoms with van der Waals surface area (Å²) in [5.41, 5.74) is 2.51. The number of nitrogens with one attached hydrogen (secondary N) is 1. The summed E-state index contributed by atoms with van der Waals surface area (Å²) in [6.07, 6.45) is 0. The van der Waals surface area contributed by atoms with Crippen molar-refractivity contribution in [2.24, 2.45) is 0 Å². The van der Waals surface area contributed by atoms with Crippen LogP contribution in [-0.4, -0.2) is 29.4 Å². The van der Waals surface area contributed by atoms with Gasteiger partial charge >= 0.3 is 0 Å². The first kappa shape index (κ1) is 17.0. The number of carbonyl (C=O) groups excluding carboxylic acids is 1. The first-order valence-corrected chi connectivity index (χ1v) is 8.22. The van der Waals surface area contributed by atoms with E-state index in [0.717, 1.165) is 22.0 Å². The molecule has 0 aliphatic heterocycles. The maximum absolute atomic E-state index is 12.4. The lowest BCUT2D eigenvalue weighted by atomic mass is 10.1. The number of aromatic nitrogens is 2. The number of aryl methyl sites for hydroxylation is 1. The Labute approximate surface area is 139 Å². The van der Waals surface area contributed by atoms with Gasteiger partial charge in [-0.2, -0.15) is 5.10 Å². The molecule has 0 aromatic carbocycles. The van der Waals surface area contributed by atoms with Crippen LogP contribution in [0.1, 0.15) is 29.1 Å². The molecule has 0 aliphatic rings. The Morgan fingerprint density at radius 1 is 1.50 bits per heavy atom. The highest BCUT2D eigenvalue weighted by molar-refractivity contribution is 7.16.